The summed E-state index contributed by atoms with van der Waals surface area (Å²) in [6.45, 7) is 0. The molecule has 3 N–H and O–H groups in total. The van der Waals surface area contributed by atoms with E-state index in [-0.39, 0.29) is 21.7 Å². The van der Waals surface area contributed by atoms with E-state index in [0.29, 0.717) is 5.69 Å². The second-order valence-corrected chi connectivity index (χ2v) is 7.68. The van der Waals surface area contributed by atoms with Crippen molar-refractivity contribution < 1.29 is 28.2 Å². The second-order valence-electron chi connectivity index (χ2n) is 6.00. The van der Waals surface area contributed by atoms with E-state index >= 15 is 0 Å². The first-order valence-electron chi connectivity index (χ1n) is 8.46. The van der Waals surface area contributed by atoms with Crippen molar-refractivity contribution in [2.24, 2.45) is 10.2 Å². The van der Waals surface area contributed by atoms with Gasteiger partial charge in [-0.15, -0.1) is 0 Å². The van der Waals surface area contributed by atoms with Crippen LogP contribution < -0.4 is 4.72 Å². The van der Waals surface area contributed by atoms with Gasteiger partial charge in [0.2, 0.25) is 0 Å². The number of carboxylic acids is 1. The number of sulfonamides is 1. The zero-order chi connectivity index (χ0) is 21.7. The Morgan fingerprint density at radius 3 is 2.07 bits per heavy atom. The van der Waals surface area contributed by atoms with Gasteiger partial charge in [0, 0.05) is 5.56 Å². The zero-order valence-electron chi connectivity index (χ0n) is 15.3. The van der Waals surface area contributed by atoms with Gasteiger partial charge in [-0.3, -0.25) is 4.79 Å². The maximum Gasteiger partial charge on any atom is 0.339 e. The van der Waals surface area contributed by atoms with Crippen LogP contribution in [0.2, 0.25) is 0 Å². The van der Waals surface area contributed by atoms with E-state index < -0.39 is 27.6 Å². The molecule has 0 saturated heterocycles. The van der Waals surface area contributed by atoms with E-state index in [1.165, 1.54) is 48.5 Å². The van der Waals surface area contributed by atoms with Gasteiger partial charge in [0.25, 0.3) is 15.9 Å². The Labute approximate surface area is 171 Å². The number of aromatic hydroxyl groups is 1. The van der Waals surface area contributed by atoms with Crippen LogP contribution in [0.25, 0.3) is 0 Å². The van der Waals surface area contributed by atoms with Crippen LogP contribution in [-0.2, 0) is 10.0 Å². The number of carboxylic acid groups (broad SMARTS) is 1. The monoisotopic (exact) mass is 425 g/mol. The van der Waals surface area contributed by atoms with Gasteiger partial charge in [0.15, 0.2) is 0 Å². The van der Waals surface area contributed by atoms with Gasteiger partial charge < -0.3 is 10.2 Å². The molecule has 152 valence electrons. The van der Waals surface area contributed by atoms with Crippen molar-refractivity contribution in [3.8, 4) is 5.75 Å². The van der Waals surface area contributed by atoms with E-state index in [0.717, 1.165) is 6.07 Å². The van der Waals surface area contributed by atoms with Crippen molar-refractivity contribution in [3.05, 3.63) is 83.9 Å². The molecule has 0 aromatic heterocycles. The van der Waals surface area contributed by atoms with Crippen LogP contribution in [0, 0.1) is 0 Å². The molecule has 9 nitrogen and oxygen atoms in total. The molecular weight excluding hydrogens is 410 g/mol. The highest BCUT2D eigenvalue weighted by atomic mass is 32.2. The number of rotatable bonds is 6. The van der Waals surface area contributed by atoms with Crippen molar-refractivity contribution in [2.75, 3.05) is 0 Å². The van der Waals surface area contributed by atoms with Crippen LogP contribution in [0.4, 0.5) is 11.4 Å². The maximum atomic E-state index is 12.4. The SMILES string of the molecule is O=C(NS(=O)(=O)c1ccc(N=Nc2ccc(O)c(C(=O)O)c2)cc1)c1ccccc1. The van der Waals surface area contributed by atoms with Crippen LogP contribution in [0.5, 0.6) is 5.75 Å². The quantitative estimate of drug-likeness (QED) is 0.514. The maximum absolute atomic E-state index is 12.4. The van der Waals surface area contributed by atoms with Crippen molar-refractivity contribution in [1.29, 1.82) is 0 Å². The number of hydrogen-bond donors (Lipinski definition) is 3. The molecule has 10 heteroatoms. The van der Waals surface area contributed by atoms with Crippen LogP contribution in [0.3, 0.4) is 0 Å². The van der Waals surface area contributed by atoms with Crippen molar-refractivity contribution in [1.82, 2.24) is 4.72 Å². The van der Waals surface area contributed by atoms with Crippen LogP contribution in [0.1, 0.15) is 20.7 Å². The molecule has 30 heavy (non-hydrogen) atoms. The second kappa shape index (κ2) is 8.53. The molecule has 1 amide bonds. The molecule has 0 atom stereocenters. The Kier molecular flexibility index (Phi) is 5.88. The lowest BCUT2D eigenvalue weighted by Crippen LogP contribution is -2.30. The summed E-state index contributed by atoms with van der Waals surface area (Å²) in [7, 11) is -4.08. The molecule has 0 aliphatic carbocycles. The van der Waals surface area contributed by atoms with Gasteiger partial charge in [-0.05, 0) is 54.6 Å². The molecule has 3 rings (SSSR count). The first kappa shape index (κ1) is 20.7. The number of aromatic carboxylic acids is 1. The minimum absolute atomic E-state index is 0.136. The van der Waals surface area contributed by atoms with E-state index in [1.807, 2.05) is 4.72 Å². The molecule has 0 unspecified atom stereocenters. The predicted octanol–water partition coefficient (Wildman–Crippen LogP) is 3.62. The topological polar surface area (TPSA) is 145 Å². The van der Waals surface area contributed by atoms with Gasteiger partial charge in [-0.1, -0.05) is 18.2 Å². The molecule has 0 aliphatic rings. The molecule has 0 spiro atoms. The highest BCUT2D eigenvalue weighted by Crippen LogP contribution is 2.25. The van der Waals surface area contributed by atoms with E-state index in [9.17, 15) is 23.1 Å². The number of phenols is 1. The molecule has 0 saturated carbocycles. The van der Waals surface area contributed by atoms with Gasteiger partial charge >= 0.3 is 5.97 Å². The summed E-state index contributed by atoms with van der Waals surface area (Å²) in [6, 6.07) is 16.9. The lowest BCUT2D eigenvalue weighted by Gasteiger charge is -2.07. The summed E-state index contributed by atoms with van der Waals surface area (Å²) in [4.78, 5) is 23.0. The first-order valence-corrected chi connectivity index (χ1v) is 9.95. The average molecular weight is 425 g/mol. The highest BCUT2D eigenvalue weighted by Gasteiger charge is 2.18. The standard InChI is InChI=1S/C20H15N3O6S/c24-18-11-8-15(12-17(18)20(26)27)22-21-14-6-9-16(10-7-14)30(28,29)23-19(25)13-4-2-1-3-5-13/h1-12,24H,(H,23,25)(H,26,27). The number of nitrogens with zero attached hydrogens (tertiary/aromatic N) is 2. The van der Waals surface area contributed by atoms with E-state index in [4.69, 9.17) is 5.11 Å². The largest absolute Gasteiger partial charge is 0.507 e. The van der Waals surface area contributed by atoms with Gasteiger partial charge in [0.1, 0.15) is 11.3 Å². The number of amides is 1. The van der Waals surface area contributed by atoms with E-state index in [2.05, 4.69) is 10.2 Å². The van der Waals surface area contributed by atoms with Crippen molar-refractivity contribution in [2.45, 2.75) is 4.90 Å². The van der Waals surface area contributed by atoms with Crippen molar-refractivity contribution in [3.63, 3.8) is 0 Å². The van der Waals surface area contributed by atoms with Crippen molar-refractivity contribution >= 4 is 33.3 Å². The fourth-order valence-corrected chi connectivity index (χ4v) is 3.37. The fourth-order valence-electron chi connectivity index (χ4n) is 2.39. The van der Waals surface area contributed by atoms with Crippen LogP contribution in [0.15, 0.2) is 87.9 Å². The molecule has 0 bridgehead atoms. The smallest absolute Gasteiger partial charge is 0.339 e. The fraction of sp³-hybridized carbons (Fsp3) is 0. The van der Waals surface area contributed by atoms with Gasteiger partial charge in [-0.25, -0.2) is 17.9 Å². The molecule has 0 heterocycles. The number of benzene rings is 3. The van der Waals surface area contributed by atoms with Gasteiger partial charge in [0.05, 0.1) is 16.3 Å². The number of carbonyl (C=O) groups is 2. The molecule has 3 aromatic carbocycles. The van der Waals surface area contributed by atoms with E-state index in [1.54, 1.807) is 18.2 Å². The average Bonchev–Trinajstić information content (AvgIpc) is 2.73. The normalized spacial score (nSPS) is 11.3. The number of nitrogens with one attached hydrogen (secondary N) is 1. The first-order chi connectivity index (χ1) is 14.3. The molecular formula is C20H15N3O6S. The minimum Gasteiger partial charge on any atom is -0.507 e. The van der Waals surface area contributed by atoms with Crippen LogP contribution in [-0.4, -0.2) is 30.5 Å². The summed E-state index contributed by atoms with van der Waals surface area (Å²) >= 11 is 0. The Balaban J connectivity index is 1.74. The minimum atomic E-state index is -4.08. The molecule has 3 aromatic rings. The van der Waals surface area contributed by atoms with Crippen LogP contribution >= 0.6 is 0 Å². The predicted molar refractivity (Wildman–Crippen MR) is 107 cm³/mol. The number of azo groups is 1. The number of hydrogen-bond acceptors (Lipinski definition) is 7. The lowest BCUT2D eigenvalue weighted by molar-refractivity contribution is 0.0693. The molecule has 0 fully saturated rings. The molecule has 0 radical (unpaired) electrons. The summed E-state index contributed by atoms with van der Waals surface area (Å²) in [5.74, 6) is -2.45. The lowest BCUT2D eigenvalue weighted by atomic mass is 10.2. The Morgan fingerprint density at radius 1 is 0.833 bits per heavy atom. The third kappa shape index (κ3) is 4.86. The summed E-state index contributed by atoms with van der Waals surface area (Å²) in [5.41, 5.74) is 0.383. The number of carbonyl (C=O) groups excluding carboxylic acids is 1. The Morgan fingerprint density at radius 2 is 1.43 bits per heavy atom. The third-order valence-corrected chi connectivity index (χ3v) is 5.25. The summed E-state index contributed by atoms with van der Waals surface area (Å²) in [6.07, 6.45) is 0. The summed E-state index contributed by atoms with van der Waals surface area (Å²) in [5, 5.41) is 26.3. The zero-order valence-corrected chi connectivity index (χ0v) is 16.1. The third-order valence-electron chi connectivity index (χ3n) is 3.90. The highest BCUT2D eigenvalue weighted by molar-refractivity contribution is 7.90. The summed E-state index contributed by atoms with van der Waals surface area (Å²) < 4.78 is 26.7. The molecule has 0 aliphatic heterocycles. The Bertz CT molecular complexity index is 1220. The Hall–Kier alpha value is -4.05. The van der Waals surface area contributed by atoms with Gasteiger partial charge in [-0.2, -0.15) is 10.2 Å².